The number of aliphatic imine (C=N–C) groups is 1. The molecule has 0 aliphatic carbocycles. The van der Waals surface area contributed by atoms with E-state index < -0.39 is 0 Å². The average molecular weight is 330 g/mol. The van der Waals surface area contributed by atoms with E-state index in [1.165, 1.54) is 10.7 Å². The summed E-state index contributed by atoms with van der Waals surface area (Å²) >= 11 is 5.88. The van der Waals surface area contributed by atoms with Crippen LogP contribution in [0, 0.1) is 0 Å². The largest absolute Gasteiger partial charge is 0.352 e. The molecule has 0 radical (unpaired) electrons. The van der Waals surface area contributed by atoms with Crippen LogP contribution in [-0.4, -0.2) is 29.3 Å². The van der Waals surface area contributed by atoms with Gasteiger partial charge in [-0.05, 0) is 23.8 Å². The Hall–Kier alpha value is -2.60. The maximum Gasteiger partial charge on any atom is 0.267 e. The summed E-state index contributed by atoms with van der Waals surface area (Å²) in [5.41, 5.74) is 2.53. The molecule has 3 rings (SSSR count). The summed E-state index contributed by atoms with van der Waals surface area (Å²) in [6, 6.07) is 10.6. The topological polar surface area (TPSA) is 71.3 Å². The van der Waals surface area contributed by atoms with Crippen LogP contribution in [0.1, 0.15) is 11.3 Å². The van der Waals surface area contributed by atoms with Crippen molar-refractivity contribution in [3.63, 3.8) is 0 Å². The molecule has 1 aliphatic rings. The number of halogens is 1. The van der Waals surface area contributed by atoms with Crippen LogP contribution in [0.3, 0.4) is 0 Å². The van der Waals surface area contributed by atoms with Gasteiger partial charge < -0.3 is 10.6 Å². The summed E-state index contributed by atoms with van der Waals surface area (Å²) in [7, 11) is 1.71. The monoisotopic (exact) mass is 329 g/mol. The second-order valence-electron chi connectivity index (χ2n) is 5.08. The Kier molecular flexibility index (Phi) is 4.43. The van der Waals surface area contributed by atoms with Crippen molar-refractivity contribution >= 4 is 23.1 Å². The average Bonchev–Trinajstić information content (AvgIpc) is 2.59. The van der Waals surface area contributed by atoms with Gasteiger partial charge in [0.15, 0.2) is 5.96 Å². The van der Waals surface area contributed by atoms with Gasteiger partial charge in [-0.1, -0.05) is 23.7 Å². The molecular formula is C16H16ClN5O. The van der Waals surface area contributed by atoms with E-state index in [0.29, 0.717) is 24.1 Å². The van der Waals surface area contributed by atoms with Crippen LogP contribution in [-0.2, 0) is 6.54 Å². The van der Waals surface area contributed by atoms with Gasteiger partial charge in [0, 0.05) is 36.5 Å². The van der Waals surface area contributed by atoms with Crippen LogP contribution >= 0.6 is 11.6 Å². The minimum atomic E-state index is -0.142. The first kappa shape index (κ1) is 15.3. The number of aromatic nitrogens is 2. The fraction of sp³-hybridized carbons (Fsp3) is 0.188. The molecule has 0 fully saturated rings. The number of hydrogen-bond donors (Lipinski definition) is 2. The minimum absolute atomic E-state index is 0.142. The molecule has 118 valence electrons. The molecule has 0 amide bonds. The number of hydrogen-bond acceptors (Lipinski definition) is 3. The molecule has 2 heterocycles. The molecule has 0 saturated heterocycles. The Morgan fingerprint density at radius 2 is 2.04 bits per heavy atom. The smallest absolute Gasteiger partial charge is 0.267 e. The van der Waals surface area contributed by atoms with Crippen molar-refractivity contribution in [1.29, 1.82) is 0 Å². The molecule has 0 atom stereocenters. The van der Waals surface area contributed by atoms with E-state index >= 15 is 0 Å². The number of guanidine groups is 1. The third kappa shape index (κ3) is 3.60. The summed E-state index contributed by atoms with van der Waals surface area (Å²) in [6.07, 6.45) is 1.85. The van der Waals surface area contributed by atoms with Gasteiger partial charge in [0.2, 0.25) is 0 Å². The van der Waals surface area contributed by atoms with Gasteiger partial charge in [0.1, 0.15) is 0 Å². The third-order valence-electron chi connectivity index (χ3n) is 3.49. The van der Waals surface area contributed by atoms with Crippen LogP contribution in [0.2, 0.25) is 5.02 Å². The first-order valence-corrected chi connectivity index (χ1v) is 7.53. The van der Waals surface area contributed by atoms with Crippen LogP contribution in [0.25, 0.3) is 5.57 Å². The van der Waals surface area contributed by atoms with Gasteiger partial charge in [-0.2, -0.15) is 5.10 Å². The summed E-state index contributed by atoms with van der Waals surface area (Å²) in [4.78, 5) is 16.1. The maximum absolute atomic E-state index is 12.0. The molecule has 0 spiro atoms. The van der Waals surface area contributed by atoms with Crippen LogP contribution in [0.15, 0.2) is 52.4 Å². The number of nitrogens with zero attached hydrogens (tertiary/aromatic N) is 3. The van der Waals surface area contributed by atoms with E-state index in [-0.39, 0.29) is 5.56 Å². The fourth-order valence-corrected chi connectivity index (χ4v) is 2.37. The van der Waals surface area contributed by atoms with Gasteiger partial charge in [0.05, 0.1) is 12.2 Å². The second kappa shape index (κ2) is 6.66. The molecule has 1 aliphatic heterocycles. The quantitative estimate of drug-likeness (QED) is 0.894. The van der Waals surface area contributed by atoms with Crippen molar-refractivity contribution in [2.24, 2.45) is 4.99 Å². The predicted octanol–water partition coefficient (Wildman–Crippen LogP) is 1.46. The van der Waals surface area contributed by atoms with E-state index in [0.717, 1.165) is 16.8 Å². The molecule has 2 aromatic rings. The lowest BCUT2D eigenvalue weighted by Gasteiger charge is -2.18. The fourth-order valence-electron chi connectivity index (χ4n) is 2.24. The van der Waals surface area contributed by atoms with Gasteiger partial charge in [-0.25, -0.2) is 4.68 Å². The third-order valence-corrected chi connectivity index (χ3v) is 3.75. The lowest BCUT2D eigenvalue weighted by atomic mass is 10.1. The van der Waals surface area contributed by atoms with E-state index in [9.17, 15) is 4.79 Å². The highest BCUT2D eigenvalue weighted by atomic mass is 35.5. The van der Waals surface area contributed by atoms with E-state index in [4.69, 9.17) is 11.6 Å². The maximum atomic E-state index is 12.0. The van der Waals surface area contributed by atoms with Crippen molar-refractivity contribution in [2.75, 3.05) is 13.6 Å². The van der Waals surface area contributed by atoms with Crippen molar-refractivity contribution in [3.05, 3.63) is 69.2 Å². The number of rotatable bonds is 3. The zero-order chi connectivity index (χ0) is 16.2. The Bertz CT molecular complexity index is 823. The van der Waals surface area contributed by atoms with E-state index in [1.807, 2.05) is 18.3 Å². The summed E-state index contributed by atoms with van der Waals surface area (Å²) in [5.74, 6) is 0.711. The molecule has 0 unspecified atom stereocenters. The van der Waals surface area contributed by atoms with Gasteiger partial charge >= 0.3 is 0 Å². The summed E-state index contributed by atoms with van der Waals surface area (Å²) < 4.78 is 1.45. The summed E-state index contributed by atoms with van der Waals surface area (Å²) in [6.45, 7) is 1.01. The number of benzene rings is 1. The molecule has 1 aromatic carbocycles. The molecule has 2 N–H and O–H groups in total. The van der Waals surface area contributed by atoms with Gasteiger partial charge in [0.25, 0.3) is 5.56 Å². The lowest BCUT2D eigenvalue weighted by molar-refractivity contribution is 0.633. The van der Waals surface area contributed by atoms with Gasteiger partial charge in [-0.3, -0.25) is 9.79 Å². The van der Waals surface area contributed by atoms with Crippen molar-refractivity contribution in [3.8, 4) is 0 Å². The first-order valence-electron chi connectivity index (χ1n) is 7.15. The zero-order valence-corrected chi connectivity index (χ0v) is 13.3. The molecule has 7 heteroatoms. The molecule has 0 saturated carbocycles. The van der Waals surface area contributed by atoms with Crippen LogP contribution in [0.5, 0.6) is 0 Å². The van der Waals surface area contributed by atoms with Crippen LogP contribution < -0.4 is 16.2 Å². The normalized spacial score (nSPS) is 15.7. The molecular weight excluding hydrogens is 314 g/mol. The highest BCUT2D eigenvalue weighted by Gasteiger charge is 2.11. The second-order valence-corrected chi connectivity index (χ2v) is 5.52. The lowest BCUT2D eigenvalue weighted by Crippen LogP contribution is -2.39. The van der Waals surface area contributed by atoms with Crippen LogP contribution in [0.4, 0.5) is 0 Å². The number of nitrogens with one attached hydrogen (secondary N) is 2. The zero-order valence-electron chi connectivity index (χ0n) is 12.6. The molecule has 6 nitrogen and oxygen atoms in total. The SMILES string of the molecule is CN=C1NC=C(c2ccc(=O)n(Cc3ccc(Cl)cc3)n2)CN1. The van der Waals surface area contributed by atoms with E-state index in [2.05, 4.69) is 20.7 Å². The summed E-state index contributed by atoms with van der Waals surface area (Å²) in [5, 5.41) is 11.3. The molecule has 23 heavy (non-hydrogen) atoms. The first-order chi connectivity index (χ1) is 11.2. The standard InChI is InChI=1S/C16H16ClN5O/c1-18-16-19-8-12(9-20-16)14-6-7-15(23)22(21-14)10-11-2-4-13(17)5-3-11/h2-8H,9-10H2,1H3,(H2,18,19,20). The predicted molar refractivity (Wildman–Crippen MR) is 91.5 cm³/mol. The van der Waals surface area contributed by atoms with E-state index in [1.54, 1.807) is 25.2 Å². The Balaban J connectivity index is 1.86. The minimum Gasteiger partial charge on any atom is -0.352 e. The molecule has 0 bridgehead atoms. The van der Waals surface area contributed by atoms with Crippen molar-refractivity contribution < 1.29 is 0 Å². The highest BCUT2D eigenvalue weighted by molar-refractivity contribution is 6.30. The Morgan fingerprint density at radius 3 is 2.70 bits per heavy atom. The van der Waals surface area contributed by atoms with Crippen molar-refractivity contribution in [1.82, 2.24) is 20.4 Å². The van der Waals surface area contributed by atoms with Gasteiger partial charge in [-0.15, -0.1) is 0 Å². The molecule has 1 aromatic heterocycles. The highest BCUT2D eigenvalue weighted by Crippen LogP contribution is 2.12. The Labute approximate surface area is 138 Å². The Morgan fingerprint density at radius 1 is 1.26 bits per heavy atom. The van der Waals surface area contributed by atoms with Crippen molar-refractivity contribution in [2.45, 2.75) is 6.54 Å².